The highest BCUT2D eigenvalue weighted by molar-refractivity contribution is 7.92. The highest BCUT2D eigenvalue weighted by atomic mass is 32.2. The molecule has 0 bridgehead atoms. The van der Waals surface area contributed by atoms with Gasteiger partial charge >= 0.3 is 17.9 Å². The standard InChI is InChI=1S/C12H8F9NO3S/c1-5(23)22-8-4-6(26(24,25)12(19,20)21)2-3-7(8)9(10(13,14)15)11(16,17)18/h2-4,9H,1H3,(H,22,23). The van der Waals surface area contributed by atoms with Gasteiger partial charge in [0.25, 0.3) is 9.84 Å². The average molecular weight is 417 g/mol. The molecule has 0 spiro atoms. The number of carbonyl (C=O) groups is 1. The number of carbonyl (C=O) groups excluding carboxylic acids is 1. The molecule has 1 aromatic rings. The summed E-state index contributed by atoms with van der Waals surface area (Å²) in [4.78, 5) is 9.38. The van der Waals surface area contributed by atoms with Gasteiger partial charge in [0, 0.05) is 12.6 Å². The number of hydrogen-bond donors (Lipinski definition) is 1. The monoisotopic (exact) mass is 417 g/mol. The van der Waals surface area contributed by atoms with Crippen molar-refractivity contribution in [2.45, 2.75) is 35.6 Å². The second kappa shape index (κ2) is 6.63. The zero-order valence-electron chi connectivity index (χ0n) is 12.3. The molecule has 1 aromatic carbocycles. The summed E-state index contributed by atoms with van der Waals surface area (Å²) in [5.41, 5.74) is -8.86. The molecule has 0 fully saturated rings. The van der Waals surface area contributed by atoms with Crippen molar-refractivity contribution in [3.8, 4) is 0 Å². The van der Waals surface area contributed by atoms with Gasteiger partial charge in [0.1, 0.15) is 0 Å². The Labute approximate surface area is 139 Å². The number of anilines is 1. The second-order valence-electron chi connectivity index (χ2n) is 4.90. The van der Waals surface area contributed by atoms with E-state index >= 15 is 0 Å². The first-order chi connectivity index (χ1) is 11.4. The van der Waals surface area contributed by atoms with Crippen LogP contribution >= 0.6 is 0 Å². The topological polar surface area (TPSA) is 63.2 Å². The van der Waals surface area contributed by atoms with Gasteiger partial charge in [-0.2, -0.15) is 39.5 Å². The number of benzene rings is 1. The molecule has 148 valence electrons. The van der Waals surface area contributed by atoms with Crippen LogP contribution in [0, 0.1) is 0 Å². The molecule has 4 nitrogen and oxygen atoms in total. The van der Waals surface area contributed by atoms with E-state index in [1.165, 1.54) is 5.32 Å². The Hall–Kier alpha value is -1.99. The summed E-state index contributed by atoms with van der Waals surface area (Å²) in [6.45, 7) is 0.658. The maximum atomic E-state index is 12.8. The molecule has 1 N–H and O–H groups in total. The Morgan fingerprint density at radius 1 is 0.962 bits per heavy atom. The van der Waals surface area contributed by atoms with Gasteiger partial charge in [-0.15, -0.1) is 0 Å². The van der Waals surface area contributed by atoms with Crippen molar-refractivity contribution in [1.82, 2.24) is 0 Å². The first-order valence-electron chi connectivity index (χ1n) is 6.25. The smallest absolute Gasteiger partial charge is 0.326 e. The SMILES string of the molecule is CC(=O)Nc1cc(S(=O)(=O)C(F)(F)F)ccc1C(C(F)(F)F)C(F)(F)F. The van der Waals surface area contributed by atoms with E-state index in [1.54, 1.807) is 0 Å². The Kier molecular flexibility index (Phi) is 5.62. The van der Waals surface area contributed by atoms with Gasteiger partial charge in [0.2, 0.25) is 5.91 Å². The number of amides is 1. The molecule has 0 saturated heterocycles. The molecule has 0 unspecified atom stereocenters. The third-order valence-electron chi connectivity index (χ3n) is 2.92. The quantitative estimate of drug-likeness (QED) is 0.752. The highest BCUT2D eigenvalue weighted by Crippen LogP contribution is 2.49. The number of rotatable bonds is 3. The third kappa shape index (κ3) is 4.59. The molecule has 26 heavy (non-hydrogen) atoms. The van der Waals surface area contributed by atoms with Crippen molar-refractivity contribution in [1.29, 1.82) is 0 Å². The van der Waals surface area contributed by atoms with E-state index in [0.717, 1.165) is 0 Å². The zero-order chi connectivity index (χ0) is 20.7. The van der Waals surface area contributed by atoms with Crippen LogP contribution in [0.5, 0.6) is 0 Å². The average Bonchev–Trinajstić information content (AvgIpc) is 2.35. The van der Waals surface area contributed by atoms with E-state index in [-0.39, 0.29) is 18.2 Å². The van der Waals surface area contributed by atoms with Crippen LogP contribution in [-0.2, 0) is 14.6 Å². The number of halogens is 9. The first-order valence-corrected chi connectivity index (χ1v) is 7.73. The molecule has 0 aliphatic rings. The van der Waals surface area contributed by atoms with Crippen LogP contribution in [0.4, 0.5) is 45.2 Å². The van der Waals surface area contributed by atoms with Crippen molar-refractivity contribution >= 4 is 21.4 Å². The molecule has 1 rings (SSSR count). The molecule has 1 amide bonds. The minimum Gasteiger partial charge on any atom is -0.326 e. The van der Waals surface area contributed by atoms with Gasteiger partial charge in [-0.05, 0) is 17.7 Å². The van der Waals surface area contributed by atoms with Gasteiger partial charge in [0.05, 0.1) is 4.90 Å². The van der Waals surface area contributed by atoms with Gasteiger partial charge < -0.3 is 5.32 Å². The number of sulfone groups is 1. The van der Waals surface area contributed by atoms with Crippen molar-refractivity contribution < 1.29 is 52.7 Å². The number of nitrogens with one attached hydrogen (secondary N) is 1. The Morgan fingerprint density at radius 2 is 1.42 bits per heavy atom. The van der Waals surface area contributed by atoms with Crippen LogP contribution < -0.4 is 5.32 Å². The lowest BCUT2D eigenvalue weighted by Gasteiger charge is -2.25. The lowest BCUT2D eigenvalue weighted by atomic mass is 9.96. The van der Waals surface area contributed by atoms with Crippen molar-refractivity contribution in [2.24, 2.45) is 0 Å². The summed E-state index contributed by atoms with van der Waals surface area (Å²) in [6.07, 6.45) is -11.8. The Balaban J connectivity index is 3.73. The molecule has 0 aliphatic heterocycles. The van der Waals surface area contributed by atoms with E-state index in [0.29, 0.717) is 6.92 Å². The van der Waals surface area contributed by atoms with Gasteiger partial charge in [0.15, 0.2) is 5.92 Å². The fourth-order valence-corrected chi connectivity index (χ4v) is 2.71. The number of alkyl halides is 9. The summed E-state index contributed by atoms with van der Waals surface area (Å²) in [7, 11) is -6.06. The lowest BCUT2D eigenvalue weighted by Crippen LogP contribution is -2.35. The molecule has 0 atom stereocenters. The minimum absolute atomic E-state index is 0.0477. The molecular formula is C12H8F9NO3S. The van der Waals surface area contributed by atoms with Gasteiger partial charge in [-0.1, -0.05) is 6.07 Å². The van der Waals surface area contributed by atoms with Gasteiger partial charge in [-0.25, -0.2) is 8.42 Å². The van der Waals surface area contributed by atoms with Crippen LogP contribution in [0.25, 0.3) is 0 Å². The maximum absolute atomic E-state index is 12.8. The fourth-order valence-electron chi connectivity index (χ4n) is 1.92. The zero-order valence-corrected chi connectivity index (χ0v) is 13.2. The molecule has 14 heteroatoms. The van der Waals surface area contributed by atoms with Gasteiger partial charge in [-0.3, -0.25) is 4.79 Å². The van der Waals surface area contributed by atoms with Crippen LogP contribution in [0.1, 0.15) is 18.4 Å². The summed E-state index contributed by atoms with van der Waals surface area (Å²) in [6, 6.07) is -0.229. The van der Waals surface area contributed by atoms with Crippen LogP contribution in [-0.4, -0.2) is 32.2 Å². The Bertz CT molecular complexity index is 780. The lowest BCUT2D eigenvalue weighted by molar-refractivity contribution is -0.253. The molecule has 0 saturated carbocycles. The summed E-state index contributed by atoms with van der Waals surface area (Å²) in [5.74, 6) is -5.38. The predicted octanol–water partition coefficient (Wildman–Crippen LogP) is 4.15. The second-order valence-corrected chi connectivity index (χ2v) is 6.84. The van der Waals surface area contributed by atoms with E-state index in [1.807, 2.05) is 0 Å². The largest absolute Gasteiger partial charge is 0.501 e. The van der Waals surface area contributed by atoms with Crippen molar-refractivity contribution in [2.75, 3.05) is 5.32 Å². The van der Waals surface area contributed by atoms with Crippen LogP contribution in [0.15, 0.2) is 23.1 Å². The molecule has 0 aromatic heterocycles. The normalized spacial score (nSPS) is 13.8. The Morgan fingerprint density at radius 3 is 1.77 bits per heavy atom. The summed E-state index contributed by atoms with van der Waals surface area (Å²) < 4.78 is 137. The van der Waals surface area contributed by atoms with E-state index in [9.17, 15) is 52.7 Å². The number of hydrogen-bond acceptors (Lipinski definition) is 3. The van der Waals surface area contributed by atoms with Crippen LogP contribution in [0.3, 0.4) is 0 Å². The predicted molar refractivity (Wildman–Crippen MR) is 68.8 cm³/mol. The third-order valence-corrected chi connectivity index (χ3v) is 4.40. The molecule has 0 aliphatic carbocycles. The maximum Gasteiger partial charge on any atom is 0.501 e. The molecular weight excluding hydrogens is 409 g/mol. The summed E-state index contributed by atoms with van der Waals surface area (Å²) in [5, 5.41) is 1.49. The van der Waals surface area contributed by atoms with E-state index < -0.39 is 55.7 Å². The summed E-state index contributed by atoms with van der Waals surface area (Å²) >= 11 is 0. The molecule has 0 heterocycles. The molecule has 0 radical (unpaired) electrons. The van der Waals surface area contributed by atoms with Crippen molar-refractivity contribution in [3.63, 3.8) is 0 Å². The highest BCUT2D eigenvalue weighted by Gasteiger charge is 2.58. The van der Waals surface area contributed by atoms with E-state index in [4.69, 9.17) is 0 Å². The van der Waals surface area contributed by atoms with Crippen molar-refractivity contribution in [3.05, 3.63) is 23.8 Å². The first kappa shape index (κ1) is 22.1. The minimum atomic E-state index is -6.06. The van der Waals surface area contributed by atoms with E-state index in [2.05, 4.69) is 0 Å². The fraction of sp³-hybridized carbons (Fsp3) is 0.417. The van der Waals surface area contributed by atoms with Crippen LogP contribution in [0.2, 0.25) is 0 Å².